The van der Waals surface area contributed by atoms with Gasteiger partial charge in [-0.25, -0.2) is 0 Å². The van der Waals surface area contributed by atoms with Crippen LogP contribution in [0.15, 0.2) is 11.4 Å². The molecule has 0 saturated heterocycles. The standard InChI is InChI=1S/C13H18N2S/c14-8-12-7-13(16-10-12)9-15-6-5-11-3-1-2-4-11/h7,10-11,15H,1-6,9H2. The van der Waals surface area contributed by atoms with Gasteiger partial charge in [0.1, 0.15) is 6.07 Å². The fourth-order valence-electron chi connectivity index (χ4n) is 2.35. The predicted octanol–water partition coefficient (Wildman–Crippen LogP) is 3.29. The van der Waals surface area contributed by atoms with Crippen LogP contribution in [0, 0.1) is 17.2 Å². The molecule has 2 rings (SSSR count). The maximum Gasteiger partial charge on any atom is 0.100 e. The van der Waals surface area contributed by atoms with Gasteiger partial charge in [0.25, 0.3) is 0 Å². The summed E-state index contributed by atoms with van der Waals surface area (Å²) in [6.07, 6.45) is 7.04. The molecule has 0 unspecified atom stereocenters. The number of nitrogens with one attached hydrogen (secondary N) is 1. The van der Waals surface area contributed by atoms with Crippen molar-refractivity contribution in [3.05, 3.63) is 21.9 Å². The molecule has 1 heterocycles. The van der Waals surface area contributed by atoms with Crippen molar-refractivity contribution in [3.63, 3.8) is 0 Å². The van der Waals surface area contributed by atoms with Gasteiger partial charge in [-0.3, -0.25) is 0 Å². The van der Waals surface area contributed by atoms with Crippen molar-refractivity contribution < 1.29 is 0 Å². The smallest absolute Gasteiger partial charge is 0.100 e. The number of nitriles is 1. The minimum absolute atomic E-state index is 0.789. The molecule has 0 radical (unpaired) electrons. The lowest BCUT2D eigenvalue weighted by Gasteiger charge is -2.08. The molecule has 1 aromatic heterocycles. The average Bonchev–Trinajstić information content (AvgIpc) is 2.95. The summed E-state index contributed by atoms with van der Waals surface area (Å²) in [5.74, 6) is 0.963. The van der Waals surface area contributed by atoms with E-state index in [2.05, 4.69) is 11.4 Å². The van der Waals surface area contributed by atoms with Gasteiger partial charge in [0, 0.05) is 16.8 Å². The summed E-state index contributed by atoms with van der Waals surface area (Å²) >= 11 is 1.67. The van der Waals surface area contributed by atoms with E-state index in [0.29, 0.717) is 0 Å². The molecular formula is C13H18N2S. The largest absolute Gasteiger partial charge is 0.312 e. The monoisotopic (exact) mass is 234 g/mol. The number of thiophene rings is 1. The van der Waals surface area contributed by atoms with Crippen LogP contribution in [-0.2, 0) is 6.54 Å². The molecule has 0 bridgehead atoms. The van der Waals surface area contributed by atoms with Gasteiger partial charge < -0.3 is 5.32 Å². The molecule has 1 aromatic rings. The first-order chi connectivity index (χ1) is 7.88. The third kappa shape index (κ3) is 3.33. The van der Waals surface area contributed by atoms with Gasteiger partial charge in [0.05, 0.1) is 5.56 Å². The predicted molar refractivity (Wildman–Crippen MR) is 67.3 cm³/mol. The zero-order valence-electron chi connectivity index (χ0n) is 9.54. The maximum absolute atomic E-state index is 8.70. The van der Waals surface area contributed by atoms with Crippen LogP contribution < -0.4 is 5.32 Å². The molecule has 1 saturated carbocycles. The van der Waals surface area contributed by atoms with Crippen molar-refractivity contribution in [2.24, 2.45) is 5.92 Å². The van der Waals surface area contributed by atoms with Gasteiger partial charge in [-0.1, -0.05) is 25.7 Å². The van der Waals surface area contributed by atoms with E-state index >= 15 is 0 Å². The van der Waals surface area contributed by atoms with E-state index in [1.165, 1.54) is 37.0 Å². The zero-order chi connectivity index (χ0) is 11.2. The van der Waals surface area contributed by atoms with Crippen LogP contribution >= 0.6 is 11.3 Å². The average molecular weight is 234 g/mol. The molecular weight excluding hydrogens is 216 g/mol. The molecule has 16 heavy (non-hydrogen) atoms. The van der Waals surface area contributed by atoms with E-state index in [1.807, 2.05) is 11.4 Å². The molecule has 1 fully saturated rings. The molecule has 1 aliphatic rings. The Labute approximate surface area is 101 Å². The minimum Gasteiger partial charge on any atom is -0.312 e. The third-order valence-electron chi connectivity index (χ3n) is 3.29. The Morgan fingerprint density at radius 1 is 1.44 bits per heavy atom. The quantitative estimate of drug-likeness (QED) is 0.794. The molecule has 1 aliphatic carbocycles. The summed E-state index contributed by atoms with van der Waals surface area (Å²) in [5, 5.41) is 14.1. The van der Waals surface area contributed by atoms with E-state index in [4.69, 9.17) is 5.26 Å². The highest BCUT2D eigenvalue weighted by Gasteiger charge is 2.13. The minimum atomic E-state index is 0.789. The van der Waals surface area contributed by atoms with Crippen molar-refractivity contribution in [1.29, 1.82) is 5.26 Å². The van der Waals surface area contributed by atoms with E-state index < -0.39 is 0 Å². The third-order valence-corrected chi connectivity index (χ3v) is 4.22. The van der Waals surface area contributed by atoms with E-state index in [1.54, 1.807) is 11.3 Å². The molecule has 0 spiro atoms. The molecule has 0 amide bonds. The van der Waals surface area contributed by atoms with Crippen LogP contribution in [0.2, 0.25) is 0 Å². The molecule has 86 valence electrons. The van der Waals surface area contributed by atoms with E-state index in [-0.39, 0.29) is 0 Å². The number of hydrogen-bond acceptors (Lipinski definition) is 3. The lowest BCUT2D eigenvalue weighted by atomic mass is 10.0. The van der Waals surface area contributed by atoms with Crippen molar-refractivity contribution in [2.45, 2.75) is 38.6 Å². The Morgan fingerprint density at radius 3 is 2.94 bits per heavy atom. The lowest BCUT2D eigenvalue weighted by molar-refractivity contribution is 0.478. The first-order valence-electron chi connectivity index (χ1n) is 6.06. The lowest BCUT2D eigenvalue weighted by Crippen LogP contribution is -2.16. The second kappa shape index (κ2) is 6.03. The molecule has 0 aliphatic heterocycles. The summed E-state index contributed by atoms with van der Waals surface area (Å²) in [6.45, 7) is 2.03. The summed E-state index contributed by atoms with van der Waals surface area (Å²) in [7, 11) is 0. The first kappa shape index (κ1) is 11.6. The SMILES string of the molecule is N#Cc1csc(CNCCC2CCCC2)c1. The second-order valence-corrected chi connectivity index (χ2v) is 5.53. The molecule has 1 N–H and O–H groups in total. The number of rotatable bonds is 5. The fraction of sp³-hybridized carbons (Fsp3) is 0.615. The normalized spacial score (nSPS) is 16.4. The van der Waals surface area contributed by atoms with E-state index in [0.717, 1.165) is 24.6 Å². The topological polar surface area (TPSA) is 35.8 Å². The maximum atomic E-state index is 8.70. The molecule has 2 nitrogen and oxygen atoms in total. The van der Waals surface area contributed by atoms with Gasteiger partial charge >= 0.3 is 0 Å². The van der Waals surface area contributed by atoms with Crippen molar-refractivity contribution >= 4 is 11.3 Å². The fourth-order valence-corrected chi connectivity index (χ4v) is 3.13. The van der Waals surface area contributed by atoms with Crippen LogP contribution in [0.5, 0.6) is 0 Å². The summed E-state index contributed by atoms with van der Waals surface area (Å²) < 4.78 is 0. The van der Waals surface area contributed by atoms with Gasteiger partial charge in [0.2, 0.25) is 0 Å². The second-order valence-electron chi connectivity index (χ2n) is 4.53. The van der Waals surface area contributed by atoms with Crippen LogP contribution in [0.4, 0.5) is 0 Å². The Bertz CT molecular complexity index is 358. The van der Waals surface area contributed by atoms with Crippen LogP contribution in [-0.4, -0.2) is 6.54 Å². The molecule has 0 aromatic carbocycles. The zero-order valence-corrected chi connectivity index (χ0v) is 10.4. The van der Waals surface area contributed by atoms with Crippen LogP contribution in [0.1, 0.15) is 42.5 Å². The highest BCUT2D eigenvalue weighted by Crippen LogP contribution is 2.26. The van der Waals surface area contributed by atoms with Crippen molar-refractivity contribution in [1.82, 2.24) is 5.32 Å². The van der Waals surface area contributed by atoms with Crippen LogP contribution in [0.25, 0.3) is 0 Å². The van der Waals surface area contributed by atoms with Crippen molar-refractivity contribution in [3.8, 4) is 6.07 Å². The van der Waals surface area contributed by atoms with Crippen molar-refractivity contribution in [2.75, 3.05) is 6.54 Å². The number of hydrogen-bond donors (Lipinski definition) is 1. The summed E-state index contributed by atoms with van der Waals surface area (Å²) in [4.78, 5) is 1.27. The van der Waals surface area contributed by atoms with Gasteiger partial charge in [0.15, 0.2) is 0 Å². The van der Waals surface area contributed by atoms with Gasteiger partial charge in [-0.05, 0) is 24.9 Å². The highest BCUT2D eigenvalue weighted by atomic mass is 32.1. The summed E-state index contributed by atoms with van der Waals surface area (Å²) in [5.41, 5.74) is 0.789. The van der Waals surface area contributed by atoms with Gasteiger partial charge in [-0.15, -0.1) is 11.3 Å². The molecule has 0 atom stereocenters. The van der Waals surface area contributed by atoms with E-state index in [9.17, 15) is 0 Å². The summed E-state index contributed by atoms with van der Waals surface area (Å²) in [6, 6.07) is 4.14. The first-order valence-corrected chi connectivity index (χ1v) is 6.94. The highest BCUT2D eigenvalue weighted by molar-refractivity contribution is 7.10. The van der Waals surface area contributed by atoms with Gasteiger partial charge in [-0.2, -0.15) is 5.26 Å². The Morgan fingerprint density at radius 2 is 2.25 bits per heavy atom. The Hall–Kier alpha value is -0.850. The Kier molecular flexibility index (Phi) is 4.38. The molecule has 3 heteroatoms. The number of nitrogens with zero attached hydrogens (tertiary/aromatic N) is 1. The van der Waals surface area contributed by atoms with Crippen LogP contribution in [0.3, 0.4) is 0 Å². The Balaban J connectivity index is 1.62.